The quantitative estimate of drug-likeness (QED) is 0.862. The number of aryl methyl sites for hydroxylation is 2. The Morgan fingerprint density at radius 3 is 2.29 bits per heavy atom. The Balaban J connectivity index is 1.31. The zero-order chi connectivity index (χ0) is 19.7. The first-order valence-corrected chi connectivity index (χ1v) is 10.1. The van der Waals surface area contributed by atoms with Crippen LogP contribution in [0.4, 0.5) is 0 Å². The van der Waals surface area contributed by atoms with Crippen molar-refractivity contribution in [2.75, 3.05) is 32.7 Å². The van der Waals surface area contributed by atoms with Crippen molar-refractivity contribution >= 4 is 5.91 Å². The number of benzene rings is 1. The minimum absolute atomic E-state index is 0.0858. The average molecular weight is 380 g/mol. The Morgan fingerprint density at radius 1 is 1.07 bits per heavy atom. The molecule has 0 saturated carbocycles. The maximum atomic E-state index is 13.0. The van der Waals surface area contributed by atoms with Gasteiger partial charge in [-0.2, -0.15) is 0 Å². The van der Waals surface area contributed by atoms with Crippen LogP contribution in [-0.4, -0.2) is 58.4 Å². The zero-order valence-corrected chi connectivity index (χ0v) is 16.7. The molecule has 2 N–H and O–H groups in total. The molecule has 1 aromatic heterocycles. The van der Waals surface area contributed by atoms with Crippen LogP contribution in [0.5, 0.6) is 0 Å². The van der Waals surface area contributed by atoms with E-state index in [1.54, 1.807) is 0 Å². The van der Waals surface area contributed by atoms with Crippen LogP contribution < -0.4 is 5.73 Å². The summed E-state index contributed by atoms with van der Waals surface area (Å²) in [6.07, 6.45) is 2.49. The fourth-order valence-electron chi connectivity index (χ4n) is 4.69. The lowest BCUT2D eigenvalue weighted by atomic mass is 10.0. The van der Waals surface area contributed by atoms with Gasteiger partial charge < -0.3 is 15.5 Å². The van der Waals surface area contributed by atoms with Gasteiger partial charge >= 0.3 is 0 Å². The first kappa shape index (κ1) is 19.0. The number of likely N-dealkylation sites (tertiary alicyclic amines) is 2. The SMILES string of the molecule is Cc1ncnc(C)c1C(=O)N1CC2CN(CCC(N)c3ccccc3)CC2C1. The number of nitrogens with two attached hydrogens (primary N) is 1. The lowest BCUT2D eigenvalue weighted by Crippen LogP contribution is -2.35. The molecule has 2 aliphatic heterocycles. The molecule has 0 bridgehead atoms. The highest BCUT2D eigenvalue weighted by atomic mass is 16.2. The minimum atomic E-state index is 0.0858. The highest BCUT2D eigenvalue weighted by Gasteiger charge is 2.42. The van der Waals surface area contributed by atoms with Gasteiger partial charge in [-0.1, -0.05) is 30.3 Å². The molecular formula is C22H29N5O. The van der Waals surface area contributed by atoms with Crippen LogP contribution in [0.25, 0.3) is 0 Å². The van der Waals surface area contributed by atoms with Crippen molar-refractivity contribution in [1.82, 2.24) is 19.8 Å². The molecule has 3 atom stereocenters. The Morgan fingerprint density at radius 2 is 1.68 bits per heavy atom. The van der Waals surface area contributed by atoms with Gasteiger partial charge in [-0.25, -0.2) is 9.97 Å². The summed E-state index contributed by atoms with van der Waals surface area (Å²) >= 11 is 0. The number of hydrogen-bond acceptors (Lipinski definition) is 5. The third-order valence-corrected chi connectivity index (χ3v) is 6.27. The third kappa shape index (κ3) is 3.80. The van der Waals surface area contributed by atoms with E-state index in [-0.39, 0.29) is 11.9 Å². The molecule has 0 radical (unpaired) electrons. The van der Waals surface area contributed by atoms with Gasteiger partial charge in [-0.3, -0.25) is 4.79 Å². The third-order valence-electron chi connectivity index (χ3n) is 6.27. The first-order valence-electron chi connectivity index (χ1n) is 10.1. The normalized spacial score (nSPS) is 23.0. The lowest BCUT2D eigenvalue weighted by Gasteiger charge is -2.23. The number of hydrogen-bond donors (Lipinski definition) is 1. The van der Waals surface area contributed by atoms with Gasteiger partial charge in [-0.05, 0) is 44.2 Å². The summed E-state index contributed by atoms with van der Waals surface area (Å²) in [6.45, 7) is 8.56. The fraction of sp³-hybridized carbons (Fsp3) is 0.500. The van der Waals surface area contributed by atoms with Crippen molar-refractivity contribution < 1.29 is 4.79 Å². The topological polar surface area (TPSA) is 75.4 Å². The summed E-state index contributed by atoms with van der Waals surface area (Å²) in [5.41, 5.74) is 9.77. The minimum Gasteiger partial charge on any atom is -0.338 e. The predicted molar refractivity (Wildman–Crippen MR) is 109 cm³/mol. The van der Waals surface area contributed by atoms with Gasteiger partial charge in [-0.15, -0.1) is 0 Å². The second kappa shape index (κ2) is 7.97. The fourth-order valence-corrected chi connectivity index (χ4v) is 4.69. The van der Waals surface area contributed by atoms with E-state index in [1.165, 1.54) is 11.9 Å². The highest BCUT2D eigenvalue weighted by molar-refractivity contribution is 5.96. The number of amides is 1. The molecule has 28 heavy (non-hydrogen) atoms. The van der Waals surface area contributed by atoms with Gasteiger partial charge in [0, 0.05) is 32.2 Å². The predicted octanol–water partition coefficient (Wildman–Crippen LogP) is 2.19. The molecule has 0 spiro atoms. The van der Waals surface area contributed by atoms with E-state index >= 15 is 0 Å². The molecule has 6 heteroatoms. The standard InChI is InChI=1S/C22H29N5O/c1-15-21(16(2)25-14-24-15)22(28)27-12-18-10-26(11-19(18)13-27)9-8-20(23)17-6-4-3-5-7-17/h3-7,14,18-20H,8-13,23H2,1-2H3. The number of nitrogens with zero attached hydrogens (tertiary/aromatic N) is 4. The molecule has 3 heterocycles. The van der Waals surface area contributed by atoms with Crippen LogP contribution in [-0.2, 0) is 0 Å². The molecule has 1 amide bonds. The van der Waals surface area contributed by atoms with E-state index in [2.05, 4.69) is 27.0 Å². The molecule has 2 fully saturated rings. The molecule has 148 valence electrons. The van der Waals surface area contributed by atoms with E-state index in [9.17, 15) is 4.79 Å². The van der Waals surface area contributed by atoms with Crippen LogP contribution >= 0.6 is 0 Å². The van der Waals surface area contributed by atoms with Gasteiger partial charge in [0.25, 0.3) is 5.91 Å². The van der Waals surface area contributed by atoms with Crippen molar-refractivity contribution in [3.05, 3.63) is 59.2 Å². The Kier molecular flexibility index (Phi) is 5.42. The molecule has 6 nitrogen and oxygen atoms in total. The molecule has 2 aromatic rings. The monoisotopic (exact) mass is 379 g/mol. The first-order chi connectivity index (χ1) is 13.5. The van der Waals surface area contributed by atoms with E-state index in [1.807, 2.05) is 36.9 Å². The summed E-state index contributed by atoms with van der Waals surface area (Å²) < 4.78 is 0. The number of fused-ring (bicyclic) bond motifs is 1. The van der Waals surface area contributed by atoms with Crippen molar-refractivity contribution in [2.45, 2.75) is 26.3 Å². The van der Waals surface area contributed by atoms with Gasteiger partial charge in [0.05, 0.1) is 17.0 Å². The summed E-state index contributed by atoms with van der Waals surface area (Å²) in [4.78, 5) is 25.9. The van der Waals surface area contributed by atoms with Crippen LogP contribution in [0.1, 0.15) is 39.8 Å². The number of carbonyl (C=O) groups is 1. The molecule has 4 rings (SSSR count). The van der Waals surface area contributed by atoms with Crippen LogP contribution in [0, 0.1) is 25.7 Å². The highest BCUT2D eigenvalue weighted by Crippen LogP contribution is 2.32. The number of aromatic nitrogens is 2. The van der Waals surface area contributed by atoms with Gasteiger partial charge in [0.1, 0.15) is 6.33 Å². The summed E-state index contributed by atoms with van der Waals surface area (Å²) in [5, 5.41) is 0. The van der Waals surface area contributed by atoms with E-state index in [4.69, 9.17) is 5.73 Å². The molecule has 0 aliphatic carbocycles. The maximum Gasteiger partial charge on any atom is 0.257 e. The molecule has 2 aliphatic rings. The molecule has 1 aromatic carbocycles. The van der Waals surface area contributed by atoms with Crippen molar-refractivity contribution in [1.29, 1.82) is 0 Å². The summed E-state index contributed by atoms with van der Waals surface area (Å²) in [6, 6.07) is 10.4. The van der Waals surface area contributed by atoms with E-state index in [0.717, 1.165) is 50.5 Å². The smallest absolute Gasteiger partial charge is 0.257 e. The number of rotatable bonds is 5. The van der Waals surface area contributed by atoms with Crippen molar-refractivity contribution in [2.24, 2.45) is 17.6 Å². The zero-order valence-electron chi connectivity index (χ0n) is 16.7. The van der Waals surface area contributed by atoms with Gasteiger partial charge in [0.2, 0.25) is 0 Å². The molecule has 2 saturated heterocycles. The lowest BCUT2D eigenvalue weighted by molar-refractivity contribution is 0.0771. The van der Waals surface area contributed by atoms with Crippen LogP contribution in [0.3, 0.4) is 0 Å². The van der Waals surface area contributed by atoms with Crippen LogP contribution in [0.2, 0.25) is 0 Å². The Hall–Kier alpha value is -2.31. The Bertz CT molecular complexity index is 806. The summed E-state index contributed by atoms with van der Waals surface area (Å²) in [5.74, 6) is 1.20. The second-order valence-corrected chi connectivity index (χ2v) is 8.22. The second-order valence-electron chi connectivity index (χ2n) is 8.22. The Labute approximate surface area is 166 Å². The maximum absolute atomic E-state index is 13.0. The molecular weight excluding hydrogens is 350 g/mol. The van der Waals surface area contributed by atoms with Gasteiger partial charge in [0.15, 0.2) is 0 Å². The van der Waals surface area contributed by atoms with Crippen LogP contribution in [0.15, 0.2) is 36.7 Å². The molecule has 3 unspecified atom stereocenters. The van der Waals surface area contributed by atoms with Crippen molar-refractivity contribution in [3.8, 4) is 0 Å². The average Bonchev–Trinajstić information content (AvgIpc) is 3.25. The van der Waals surface area contributed by atoms with Crippen molar-refractivity contribution in [3.63, 3.8) is 0 Å². The summed E-state index contributed by atoms with van der Waals surface area (Å²) in [7, 11) is 0. The largest absolute Gasteiger partial charge is 0.338 e. The van der Waals surface area contributed by atoms with E-state index < -0.39 is 0 Å². The van der Waals surface area contributed by atoms with E-state index in [0.29, 0.717) is 17.4 Å². The number of carbonyl (C=O) groups excluding carboxylic acids is 1.